The zero-order valence-corrected chi connectivity index (χ0v) is 41.8. The Morgan fingerprint density at radius 2 is 1.16 bits per heavy atom. The summed E-state index contributed by atoms with van der Waals surface area (Å²) in [7, 11) is -6.33. The van der Waals surface area contributed by atoms with E-state index in [0.717, 1.165) is 70.6 Å². The molecule has 1 aromatic carbocycles. The van der Waals surface area contributed by atoms with Crippen LogP contribution in [0, 0.1) is 11.8 Å². The summed E-state index contributed by atoms with van der Waals surface area (Å²) in [5, 5.41) is 12.2. The van der Waals surface area contributed by atoms with Gasteiger partial charge in [-0.1, -0.05) is 119 Å². The van der Waals surface area contributed by atoms with Crippen LogP contribution >= 0.6 is 11.3 Å². The number of carboxylic acid groups (broad SMARTS) is 1. The van der Waals surface area contributed by atoms with Gasteiger partial charge in [0.15, 0.2) is 25.0 Å². The number of rotatable bonds is 18. The molecule has 4 rings (SSSR count). The monoisotopic (exact) mass is 831 g/mol. The fourth-order valence-corrected chi connectivity index (χ4v) is 14.7. The van der Waals surface area contributed by atoms with Gasteiger partial charge in [0.1, 0.15) is 0 Å². The van der Waals surface area contributed by atoms with Gasteiger partial charge in [-0.2, -0.15) is 0 Å². The third-order valence-corrected chi connectivity index (χ3v) is 29.9. The quantitative estimate of drug-likeness (QED) is 0.120. The maximum absolute atomic E-state index is 12.9. The average Bonchev–Trinajstić information content (AvgIpc) is 3.80. The molecular weight excluding hydrogens is 749 g/mol. The molecular formula is C46H82O5SSi3. The Hall–Kier alpha value is -0.819. The molecule has 2 aliphatic carbocycles. The lowest BCUT2D eigenvalue weighted by molar-refractivity contribution is -0.142. The molecule has 0 amide bonds. The van der Waals surface area contributed by atoms with E-state index in [9.17, 15) is 9.90 Å². The first-order chi connectivity index (χ1) is 25.1. The van der Waals surface area contributed by atoms with Crippen molar-refractivity contribution in [2.24, 2.45) is 11.8 Å². The summed E-state index contributed by atoms with van der Waals surface area (Å²) >= 11 is 1.90. The Kier molecular flexibility index (Phi) is 14.8. The molecule has 3 atom stereocenters. The second-order valence-corrected chi connectivity index (χ2v) is 37.7. The number of hydrogen-bond donors (Lipinski definition) is 1. The Bertz CT molecular complexity index is 1510. The van der Waals surface area contributed by atoms with E-state index < -0.39 is 30.9 Å². The minimum absolute atomic E-state index is 0.0275. The molecule has 5 nitrogen and oxygen atoms in total. The zero-order chi connectivity index (χ0) is 41.3. The molecule has 1 unspecified atom stereocenters. The summed E-state index contributed by atoms with van der Waals surface area (Å²) in [5.74, 6) is -0.424. The largest absolute Gasteiger partial charge is 0.481 e. The molecule has 0 radical (unpaired) electrons. The number of carboxylic acids is 1. The summed E-state index contributed by atoms with van der Waals surface area (Å²) in [5.41, 5.74) is -0.585. The second kappa shape index (κ2) is 17.4. The van der Waals surface area contributed by atoms with E-state index in [0.29, 0.717) is 0 Å². The van der Waals surface area contributed by atoms with Gasteiger partial charge in [0.2, 0.25) is 0 Å². The van der Waals surface area contributed by atoms with Crippen LogP contribution < -0.4 is 0 Å². The molecule has 314 valence electrons. The molecule has 2 aliphatic rings. The first-order valence-corrected chi connectivity index (χ1v) is 31.5. The van der Waals surface area contributed by atoms with Crippen LogP contribution in [0.1, 0.15) is 163 Å². The molecule has 2 fully saturated rings. The smallest absolute Gasteiger partial charge is 0.303 e. The van der Waals surface area contributed by atoms with Crippen LogP contribution in [0.25, 0.3) is 10.1 Å². The number of thiophene rings is 1. The van der Waals surface area contributed by atoms with Crippen molar-refractivity contribution >= 4 is 52.3 Å². The highest BCUT2D eigenvalue weighted by Crippen LogP contribution is 2.54. The molecule has 55 heavy (non-hydrogen) atoms. The van der Waals surface area contributed by atoms with E-state index in [-0.39, 0.29) is 50.7 Å². The zero-order valence-electron chi connectivity index (χ0n) is 38.0. The SMILES string of the molecule is CC(C)(C)[Si](C)(C)OC(CCCC[C@@H](C[C@H](CC(=O)O)C1(O[Si](C)(C)C(C)(C)C)CCCC1)C1(O[Si](C)(C)C(C)(C)C)CCCC1)c1cc2ccccc2s1. The summed E-state index contributed by atoms with van der Waals surface area (Å²) < 4.78 is 23.8. The first-order valence-electron chi connectivity index (χ1n) is 21.9. The van der Waals surface area contributed by atoms with E-state index in [4.69, 9.17) is 13.3 Å². The lowest BCUT2D eigenvalue weighted by Crippen LogP contribution is -2.55. The van der Waals surface area contributed by atoms with Gasteiger partial charge in [-0.3, -0.25) is 4.79 Å². The molecule has 9 heteroatoms. The van der Waals surface area contributed by atoms with Gasteiger partial charge in [0, 0.05) is 9.58 Å². The molecule has 1 aromatic heterocycles. The predicted molar refractivity (Wildman–Crippen MR) is 244 cm³/mol. The third kappa shape index (κ3) is 11.3. The predicted octanol–water partition coefficient (Wildman–Crippen LogP) is 15.3. The minimum Gasteiger partial charge on any atom is -0.481 e. The first kappa shape index (κ1) is 46.9. The molecule has 0 saturated heterocycles. The summed E-state index contributed by atoms with van der Waals surface area (Å²) in [4.78, 5) is 14.2. The number of aliphatic carboxylic acids is 1. The molecule has 0 aliphatic heterocycles. The maximum Gasteiger partial charge on any atom is 0.303 e. The molecule has 1 heterocycles. The van der Waals surface area contributed by atoms with Gasteiger partial charge in [0.05, 0.1) is 23.7 Å². The van der Waals surface area contributed by atoms with Crippen LogP contribution in [0.2, 0.25) is 54.4 Å². The van der Waals surface area contributed by atoms with Crippen molar-refractivity contribution in [3.05, 3.63) is 35.2 Å². The van der Waals surface area contributed by atoms with E-state index in [1.807, 2.05) is 11.3 Å². The molecule has 1 N–H and O–H groups in total. The Morgan fingerprint density at radius 1 is 0.709 bits per heavy atom. The molecule has 0 bridgehead atoms. The Balaban J connectivity index is 1.69. The summed E-state index contributed by atoms with van der Waals surface area (Å²) in [6.07, 6.45) is 14.1. The molecule has 2 saturated carbocycles. The average molecular weight is 831 g/mol. The standard InChI is InChI=1S/C46H82O5SSi3/c1-42(2,3)53(10,11)49-38(40-32-35-24-16-19-27-39(35)52-40)26-18-17-25-36(45(28-20-21-29-45)50-54(12,13)43(4,5)6)33-37(34-41(47)48)46(30-22-23-31-46)51-55(14,15)44(7,8)9/h16,19,24,27,32,36-38H,17-18,20-23,25-26,28-31,33-34H2,1-15H3,(H,47,48)/t36-,37+,38?/m0/s1. The molecule has 2 aromatic rings. The fraction of sp³-hybridized carbons (Fsp3) is 0.804. The number of carbonyl (C=O) groups is 1. The fourth-order valence-electron chi connectivity index (χ4n) is 8.76. The molecule has 0 spiro atoms. The van der Waals surface area contributed by atoms with Crippen LogP contribution in [0.4, 0.5) is 0 Å². The van der Waals surface area contributed by atoms with Gasteiger partial charge < -0.3 is 18.4 Å². The van der Waals surface area contributed by atoms with Gasteiger partial charge >= 0.3 is 5.97 Å². The van der Waals surface area contributed by atoms with Crippen molar-refractivity contribution in [3.8, 4) is 0 Å². The highest BCUT2D eigenvalue weighted by molar-refractivity contribution is 7.19. The van der Waals surface area contributed by atoms with Crippen LogP contribution in [-0.4, -0.2) is 47.2 Å². The van der Waals surface area contributed by atoms with Crippen molar-refractivity contribution in [3.63, 3.8) is 0 Å². The highest BCUT2D eigenvalue weighted by Gasteiger charge is 2.54. The van der Waals surface area contributed by atoms with E-state index in [1.165, 1.54) is 27.8 Å². The summed E-state index contributed by atoms with van der Waals surface area (Å²) in [6, 6.07) is 11.1. The van der Waals surface area contributed by atoms with Gasteiger partial charge in [-0.25, -0.2) is 0 Å². The number of unbranched alkanes of at least 4 members (excludes halogenated alkanes) is 1. The van der Waals surface area contributed by atoms with Crippen LogP contribution in [0.3, 0.4) is 0 Å². The third-order valence-electron chi connectivity index (χ3n) is 15.2. The number of hydrogen-bond acceptors (Lipinski definition) is 5. The van der Waals surface area contributed by atoms with Crippen molar-refractivity contribution in [1.29, 1.82) is 0 Å². The van der Waals surface area contributed by atoms with Gasteiger partial charge in [-0.05, 0) is 129 Å². The van der Waals surface area contributed by atoms with E-state index in [2.05, 4.69) is 132 Å². The van der Waals surface area contributed by atoms with E-state index >= 15 is 0 Å². The minimum atomic E-state index is -2.17. The van der Waals surface area contributed by atoms with Crippen molar-refractivity contribution in [1.82, 2.24) is 0 Å². The Morgan fingerprint density at radius 3 is 1.62 bits per heavy atom. The van der Waals surface area contributed by atoms with E-state index in [1.54, 1.807) is 0 Å². The normalized spacial score (nSPS) is 20.2. The second-order valence-electron chi connectivity index (χ2n) is 22.3. The maximum atomic E-state index is 12.9. The highest BCUT2D eigenvalue weighted by atomic mass is 32.1. The van der Waals surface area contributed by atoms with Crippen LogP contribution in [0.5, 0.6) is 0 Å². The summed E-state index contributed by atoms with van der Waals surface area (Å²) in [6.45, 7) is 35.4. The van der Waals surface area contributed by atoms with Gasteiger partial charge in [0.25, 0.3) is 0 Å². The lowest BCUT2D eigenvalue weighted by atomic mass is 9.71. The van der Waals surface area contributed by atoms with Gasteiger partial charge in [-0.15, -0.1) is 11.3 Å². The number of benzene rings is 1. The van der Waals surface area contributed by atoms with Crippen molar-refractivity contribution < 1.29 is 23.2 Å². The topological polar surface area (TPSA) is 65.0 Å². The van der Waals surface area contributed by atoms with Crippen molar-refractivity contribution in [2.45, 2.75) is 224 Å². The van der Waals surface area contributed by atoms with Crippen molar-refractivity contribution in [2.75, 3.05) is 0 Å². The number of fused-ring (bicyclic) bond motifs is 1. The Labute approximate surface area is 344 Å². The van der Waals surface area contributed by atoms with Crippen LogP contribution in [-0.2, 0) is 18.1 Å². The lowest BCUT2D eigenvalue weighted by Gasteiger charge is -2.51. The van der Waals surface area contributed by atoms with Crippen LogP contribution in [0.15, 0.2) is 30.3 Å².